The SMILES string of the molecule is Cc1ccc(SCc2ccc(F)cc2C(N)=NO)cc1C. The van der Waals surface area contributed by atoms with Gasteiger partial charge in [0.1, 0.15) is 5.82 Å². The normalized spacial score (nSPS) is 11.7. The molecule has 0 saturated carbocycles. The van der Waals surface area contributed by atoms with E-state index in [2.05, 4.69) is 37.2 Å². The van der Waals surface area contributed by atoms with E-state index >= 15 is 0 Å². The van der Waals surface area contributed by atoms with Crippen LogP contribution in [0.4, 0.5) is 4.39 Å². The highest BCUT2D eigenvalue weighted by atomic mass is 32.2. The van der Waals surface area contributed by atoms with Gasteiger partial charge >= 0.3 is 0 Å². The second-order valence-electron chi connectivity index (χ2n) is 4.82. The minimum absolute atomic E-state index is 0.0785. The Balaban J connectivity index is 2.21. The molecule has 0 aliphatic heterocycles. The number of benzene rings is 2. The molecule has 5 heteroatoms. The fraction of sp³-hybridized carbons (Fsp3) is 0.188. The zero-order valence-corrected chi connectivity index (χ0v) is 12.7. The molecule has 110 valence electrons. The minimum atomic E-state index is -0.406. The van der Waals surface area contributed by atoms with Gasteiger partial charge in [0, 0.05) is 16.2 Å². The third kappa shape index (κ3) is 3.76. The van der Waals surface area contributed by atoms with Gasteiger partial charge in [-0.25, -0.2) is 4.39 Å². The van der Waals surface area contributed by atoms with Crippen molar-refractivity contribution in [3.05, 3.63) is 64.5 Å². The lowest BCUT2D eigenvalue weighted by Gasteiger charge is -2.09. The number of aryl methyl sites for hydroxylation is 2. The molecule has 0 fully saturated rings. The van der Waals surface area contributed by atoms with Crippen LogP contribution >= 0.6 is 11.8 Å². The monoisotopic (exact) mass is 304 g/mol. The first-order valence-corrected chi connectivity index (χ1v) is 7.46. The summed E-state index contributed by atoms with van der Waals surface area (Å²) in [5.41, 5.74) is 9.34. The lowest BCUT2D eigenvalue weighted by Crippen LogP contribution is -2.15. The molecule has 0 aliphatic rings. The van der Waals surface area contributed by atoms with Crippen molar-refractivity contribution in [2.45, 2.75) is 24.5 Å². The summed E-state index contributed by atoms with van der Waals surface area (Å²) in [5.74, 6) is 0.135. The molecule has 0 heterocycles. The molecule has 3 nitrogen and oxygen atoms in total. The Morgan fingerprint density at radius 1 is 1.19 bits per heavy atom. The van der Waals surface area contributed by atoms with E-state index in [-0.39, 0.29) is 5.84 Å². The van der Waals surface area contributed by atoms with Crippen LogP contribution in [0.2, 0.25) is 0 Å². The zero-order valence-electron chi connectivity index (χ0n) is 11.9. The quantitative estimate of drug-likeness (QED) is 0.297. The predicted molar refractivity (Wildman–Crippen MR) is 84.4 cm³/mol. The molecule has 0 radical (unpaired) electrons. The summed E-state index contributed by atoms with van der Waals surface area (Å²) in [7, 11) is 0. The van der Waals surface area contributed by atoms with Gasteiger partial charge in [0.25, 0.3) is 0 Å². The van der Waals surface area contributed by atoms with Gasteiger partial charge in [-0.15, -0.1) is 11.8 Å². The highest BCUT2D eigenvalue weighted by Crippen LogP contribution is 2.26. The van der Waals surface area contributed by atoms with Crippen LogP contribution in [0, 0.1) is 19.7 Å². The Morgan fingerprint density at radius 2 is 1.95 bits per heavy atom. The van der Waals surface area contributed by atoms with E-state index in [1.165, 1.54) is 23.3 Å². The lowest BCUT2D eigenvalue weighted by atomic mass is 10.1. The Hall–Kier alpha value is -2.01. The number of hydrogen-bond acceptors (Lipinski definition) is 3. The van der Waals surface area contributed by atoms with E-state index in [1.807, 2.05) is 0 Å². The number of amidine groups is 1. The standard InChI is InChI=1S/C16H17FN2OS/c1-10-3-6-14(7-11(10)2)21-9-12-4-5-13(17)8-15(12)16(18)19-20/h3-8,20H,9H2,1-2H3,(H2,18,19). The first-order valence-electron chi connectivity index (χ1n) is 6.47. The smallest absolute Gasteiger partial charge is 0.170 e. The molecule has 3 N–H and O–H groups in total. The Labute approximate surface area is 127 Å². The topological polar surface area (TPSA) is 58.6 Å². The molecular formula is C16H17FN2OS. The largest absolute Gasteiger partial charge is 0.409 e. The van der Waals surface area contributed by atoms with E-state index in [4.69, 9.17) is 10.9 Å². The van der Waals surface area contributed by atoms with E-state index in [9.17, 15) is 4.39 Å². The van der Waals surface area contributed by atoms with Gasteiger partial charge < -0.3 is 10.9 Å². The summed E-state index contributed by atoms with van der Waals surface area (Å²) in [5, 5.41) is 11.7. The third-order valence-electron chi connectivity index (χ3n) is 3.33. The number of rotatable bonds is 4. The van der Waals surface area contributed by atoms with Crippen LogP contribution in [-0.2, 0) is 5.75 Å². The number of nitrogens with two attached hydrogens (primary N) is 1. The molecule has 21 heavy (non-hydrogen) atoms. The molecule has 2 aromatic rings. The van der Waals surface area contributed by atoms with Crippen molar-refractivity contribution in [3.8, 4) is 0 Å². The van der Waals surface area contributed by atoms with Crippen LogP contribution in [-0.4, -0.2) is 11.0 Å². The van der Waals surface area contributed by atoms with E-state index in [0.29, 0.717) is 11.3 Å². The summed E-state index contributed by atoms with van der Waals surface area (Å²) in [6, 6.07) is 10.6. The first kappa shape index (κ1) is 15.4. The summed E-state index contributed by atoms with van der Waals surface area (Å²) >= 11 is 1.63. The average Bonchev–Trinajstić information content (AvgIpc) is 2.48. The summed E-state index contributed by atoms with van der Waals surface area (Å²) in [4.78, 5) is 1.13. The number of oxime groups is 1. The van der Waals surface area contributed by atoms with Gasteiger partial charge in [0.15, 0.2) is 5.84 Å². The maximum atomic E-state index is 13.3. The second-order valence-corrected chi connectivity index (χ2v) is 5.87. The Kier molecular flexibility index (Phi) is 4.85. The molecule has 0 amide bonds. The van der Waals surface area contributed by atoms with Crippen LogP contribution in [0.1, 0.15) is 22.3 Å². The first-order chi connectivity index (χ1) is 10.0. The zero-order chi connectivity index (χ0) is 15.4. The Bertz CT molecular complexity index is 686. The van der Waals surface area contributed by atoms with Crippen molar-refractivity contribution < 1.29 is 9.60 Å². The molecular weight excluding hydrogens is 287 g/mol. The van der Waals surface area contributed by atoms with Gasteiger partial charge in [-0.05, 0) is 54.8 Å². The van der Waals surface area contributed by atoms with Crippen LogP contribution in [0.25, 0.3) is 0 Å². The minimum Gasteiger partial charge on any atom is -0.409 e. The number of nitrogens with zero attached hydrogens (tertiary/aromatic N) is 1. The molecule has 0 aromatic heterocycles. The Morgan fingerprint density at radius 3 is 2.62 bits per heavy atom. The van der Waals surface area contributed by atoms with Crippen molar-refractivity contribution in [1.82, 2.24) is 0 Å². The molecule has 0 atom stereocenters. The van der Waals surface area contributed by atoms with Gasteiger partial charge in [0.2, 0.25) is 0 Å². The van der Waals surface area contributed by atoms with Crippen molar-refractivity contribution in [1.29, 1.82) is 0 Å². The lowest BCUT2D eigenvalue weighted by molar-refractivity contribution is 0.318. The molecule has 0 saturated heterocycles. The van der Waals surface area contributed by atoms with Crippen molar-refractivity contribution in [2.75, 3.05) is 0 Å². The number of halogens is 1. The highest BCUT2D eigenvalue weighted by Gasteiger charge is 2.09. The van der Waals surface area contributed by atoms with E-state index in [0.717, 1.165) is 10.5 Å². The molecule has 0 unspecified atom stereocenters. The molecule has 0 bridgehead atoms. The van der Waals surface area contributed by atoms with Gasteiger partial charge in [-0.3, -0.25) is 0 Å². The van der Waals surface area contributed by atoms with Crippen molar-refractivity contribution in [3.63, 3.8) is 0 Å². The fourth-order valence-electron chi connectivity index (χ4n) is 1.93. The van der Waals surface area contributed by atoms with Crippen LogP contribution in [0.3, 0.4) is 0 Å². The van der Waals surface area contributed by atoms with Crippen LogP contribution in [0.5, 0.6) is 0 Å². The van der Waals surface area contributed by atoms with E-state index in [1.54, 1.807) is 17.8 Å². The third-order valence-corrected chi connectivity index (χ3v) is 4.37. The molecule has 0 spiro atoms. The molecule has 2 aromatic carbocycles. The molecule has 2 rings (SSSR count). The summed E-state index contributed by atoms with van der Waals surface area (Å²) in [6.07, 6.45) is 0. The molecule has 0 aliphatic carbocycles. The average molecular weight is 304 g/mol. The second kappa shape index (κ2) is 6.63. The van der Waals surface area contributed by atoms with Crippen LogP contribution in [0.15, 0.2) is 46.4 Å². The van der Waals surface area contributed by atoms with Crippen molar-refractivity contribution >= 4 is 17.6 Å². The maximum absolute atomic E-state index is 13.3. The highest BCUT2D eigenvalue weighted by molar-refractivity contribution is 7.98. The van der Waals surface area contributed by atoms with Crippen LogP contribution < -0.4 is 5.73 Å². The number of hydrogen-bond donors (Lipinski definition) is 2. The maximum Gasteiger partial charge on any atom is 0.170 e. The van der Waals surface area contributed by atoms with E-state index < -0.39 is 5.82 Å². The van der Waals surface area contributed by atoms with Gasteiger partial charge in [-0.2, -0.15) is 0 Å². The fourth-order valence-corrected chi connectivity index (χ4v) is 2.93. The van der Waals surface area contributed by atoms with Crippen molar-refractivity contribution in [2.24, 2.45) is 10.9 Å². The summed E-state index contributed by atoms with van der Waals surface area (Å²) < 4.78 is 13.3. The van der Waals surface area contributed by atoms with Gasteiger partial charge in [0.05, 0.1) is 0 Å². The van der Waals surface area contributed by atoms with Gasteiger partial charge in [-0.1, -0.05) is 17.3 Å². The number of thioether (sulfide) groups is 1. The summed E-state index contributed by atoms with van der Waals surface area (Å²) in [6.45, 7) is 4.14. The predicted octanol–water partition coefficient (Wildman–Crippen LogP) is 3.83.